The number of primary sulfonamides is 1. The Morgan fingerprint density at radius 1 is 1.32 bits per heavy atom. The van der Waals surface area contributed by atoms with Crippen molar-refractivity contribution in [3.05, 3.63) is 46.6 Å². The van der Waals surface area contributed by atoms with Gasteiger partial charge in [-0.05, 0) is 41.1 Å². The van der Waals surface area contributed by atoms with Crippen molar-refractivity contribution in [2.24, 2.45) is 5.14 Å². The van der Waals surface area contributed by atoms with Gasteiger partial charge in [-0.3, -0.25) is 4.98 Å². The van der Waals surface area contributed by atoms with Crippen molar-refractivity contribution < 1.29 is 8.42 Å². The maximum Gasteiger partial charge on any atom is 0.247 e. The smallest absolute Gasteiger partial charge is 0.247 e. The third-order valence-corrected chi connectivity index (χ3v) is 5.26. The number of nitrogens with zero attached hydrogens (tertiary/aromatic N) is 1. The van der Waals surface area contributed by atoms with Gasteiger partial charge in [0.1, 0.15) is 4.21 Å². The zero-order valence-corrected chi connectivity index (χ0v) is 12.1. The van der Waals surface area contributed by atoms with Crippen molar-refractivity contribution in [3.63, 3.8) is 0 Å². The van der Waals surface area contributed by atoms with E-state index >= 15 is 0 Å². The second-order valence-corrected chi connectivity index (χ2v) is 6.86. The standard InChI is InChI=1S/C12H15N3O2S2/c1-9-2-4-14-7-11(9)8-15-6-10-3-5-18-12(10)19(13,16)17/h2-5,7,15H,6,8H2,1H3,(H2,13,16,17). The van der Waals surface area contributed by atoms with Gasteiger partial charge in [0, 0.05) is 25.5 Å². The molecule has 5 nitrogen and oxygen atoms in total. The molecule has 2 heterocycles. The molecule has 0 bridgehead atoms. The molecule has 0 aliphatic heterocycles. The van der Waals surface area contributed by atoms with Crippen LogP contribution in [-0.4, -0.2) is 13.4 Å². The number of nitrogens with one attached hydrogen (secondary N) is 1. The Kier molecular flexibility index (Phi) is 4.31. The molecular formula is C12H15N3O2S2. The largest absolute Gasteiger partial charge is 0.308 e. The van der Waals surface area contributed by atoms with E-state index in [0.717, 1.165) is 22.5 Å². The number of aryl methyl sites for hydroxylation is 1. The number of hydrogen-bond donors (Lipinski definition) is 2. The normalized spacial score (nSPS) is 11.7. The van der Waals surface area contributed by atoms with Crippen LogP contribution in [0.4, 0.5) is 0 Å². The second-order valence-electron chi connectivity index (χ2n) is 4.18. The first-order chi connectivity index (χ1) is 8.98. The first-order valence-corrected chi connectivity index (χ1v) is 8.10. The molecule has 0 spiro atoms. The predicted octanol–water partition coefficient (Wildman–Crippen LogP) is 1.39. The van der Waals surface area contributed by atoms with Crippen LogP contribution < -0.4 is 10.5 Å². The van der Waals surface area contributed by atoms with Crippen molar-refractivity contribution in [1.82, 2.24) is 10.3 Å². The number of sulfonamides is 1. The van der Waals surface area contributed by atoms with Crippen LogP contribution in [0.5, 0.6) is 0 Å². The maximum absolute atomic E-state index is 11.4. The topological polar surface area (TPSA) is 85.1 Å². The molecule has 3 N–H and O–H groups in total. The first-order valence-electron chi connectivity index (χ1n) is 5.68. The van der Waals surface area contributed by atoms with Gasteiger partial charge in [0.05, 0.1) is 0 Å². The molecule has 0 saturated carbocycles. The molecule has 0 aliphatic rings. The van der Waals surface area contributed by atoms with Gasteiger partial charge < -0.3 is 5.32 Å². The highest BCUT2D eigenvalue weighted by molar-refractivity contribution is 7.91. The second kappa shape index (κ2) is 5.79. The highest BCUT2D eigenvalue weighted by Gasteiger charge is 2.14. The summed E-state index contributed by atoms with van der Waals surface area (Å²) in [6, 6.07) is 3.71. The van der Waals surface area contributed by atoms with Crippen LogP contribution in [0, 0.1) is 6.92 Å². The fraction of sp³-hybridized carbons (Fsp3) is 0.250. The highest BCUT2D eigenvalue weighted by atomic mass is 32.2. The molecule has 0 aromatic carbocycles. The van der Waals surface area contributed by atoms with Crippen LogP contribution in [0.25, 0.3) is 0 Å². The lowest BCUT2D eigenvalue weighted by molar-refractivity contribution is 0.597. The minimum atomic E-state index is -3.63. The monoisotopic (exact) mass is 297 g/mol. The van der Waals surface area contributed by atoms with Crippen molar-refractivity contribution >= 4 is 21.4 Å². The number of pyridine rings is 1. The fourth-order valence-corrected chi connectivity index (χ4v) is 3.57. The molecule has 2 aromatic rings. The summed E-state index contributed by atoms with van der Waals surface area (Å²) in [5.74, 6) is 0. The van der Waals surface area contributed by atoms with Crippen molar-refractivity contribution in [2.75, 3.05) is 0 Å². The average molecular weight is 297 g/mol. The molecule has 0 fully saturated rings. The number of hydrogen-bond acceptors (Lipinski definition) is 5. The van der Waals surface area contributed by atoms with Crippen molar-refractivity contribution in [2.45, 2.75) is 24.2 Å². The summed E-state index contributed by atoms with van der Waals surface area (Å²) >= 11 is 1.14. The van der Waals surface area contributed by atoms with Gasteiger partial charge in [0.2, 0.25) is 10.0 Å². The van der Waals surface area contributed by atoms with Crippen LogP contribution in [0.1, 0.15) is 16.7 Å². The molecule has 2 rings (SSSR count). The molecule has 0 atom stereocenters. The van der Waals surface area contributed by atoms with E-state index in [4.69, 9.17) is 5.14 Å². The zero-order valence-electron chi connectivity index (χ0n) is 10.5. The average Bonchev–Trinajstić information content (AvgIpc) is 2.80. The van der Waals surface area contributed by atoms with Crippen LogP contribution in [-0.2, 0) is 23.1 Å². The van der Waals surface area contributed by atoms with Crippen LogP contribution >= 0.6 is 11.3 Å². The van der Waals surface area contributed by atoms with Crippen molar-refractivity contribution in [3.8, 4) is 0 Å². The van der Waals surface area contributed by atoms with Gasteiger partial charge in [-0.1, -0.05) is 0 Å². The van der Waals surface area contributed by atoms with Gasteiger partial charge in [0.15, 0.2) is 0 Å². The first kappa shape index (κ1) is 14.1. The van der Waals surface area contributed by atoms with E-state index in [0.29, 0.717) is 18.7 Å². The third-order valence-electron chi connectivity index (χ3n) is 2.74. The number of thiophene rings is 1. The van der Waals surface area contributed by atoms with Gasteiger partial charge >= 0.3 is 0 Å². The molecule has 0 aliphatic carbocycles. The van der Waals surface area contributed by atoms with Gasteiger partial charge in [-0.15, -0.1) is 11.3 Å². The summed E-state index contributed by atoms with van der Waals surface area (Å²) in [7, 11) is -3.63. The Morgan fingerprint density at radius 3 is 2.74 bits per heavy atom. The quantitative estimate of drug-likeness (QED) is 0.873. The SMILES string of the molecule is Cc1ccncc1CNCc1ccsc1S(N)(=O)=O. The summed E-state index contributed by atoms with van der Waals surface area (Å²) in [6.07, 6.45) is 3.55. The number of aromatic nitrogens is 1. The summed E-state index contributed by atoms with van der Waals surface area (Å²) in [4.78, 5) is 4.06. The number of nitrogens with two attached hydrogens (primary N) is 1. The Hall–Kier alpha value is -1.28. The van der Waals surface area contributed by atoms with Crippen LogP contribution in [0.15, 0.2) is 34.1 Å². The summed E-state index contributed by atoms with van der Waals surface area (Å²) in [5, 5.41) is 10.1. The van der Waals surface area contributed by atoms with E-state index in [1.54, 1.807) is 23.8 Å². The van der Waals surface area contributed by atoms with Crippen molar-refractivity contribution in [1.29, 1.82) is 0 Å². The molecule has 0 saturated heterocycles. The zero-order chi connectivity index (χ0) is 13.9. The molecular weight excluding hydrogens is 282 g/mol. The Morgan fingerprint density at radius 2 is 2.05 bits per heavy atom. The Bertz CT molecular complexity index is 665. The van der Waals surface area contributed by atoms with Gasteiger partial charge in [0.25, 0.3) is 0 Å². The van der Waals surface area contributed by atoms with Crippen LogP contribution in [0.3, 0.4) is 0 Å². The van der Waals surface area contributed by atoms with Gasteiger partial charge in [-0.25, -0.2) is 13.6 Å². The maximum atomic E-state index is 11.4. The van der Waals surface area contributed by atoms with E-state index in [-0.39, 0.29) is 4.21 Å². The Balaban J connectivity index is 2.01. The fourth-order valence-electron chi connectivity index (χ4n) is 1.72. The minimum Gasteiger partial charge on any atom is -0.308 e. The summed E-state index contributed by atoms with van der Waals surface area (Å²) in [6.45, 7) is 3.11. The summed E-state index contributed by atoms with van der Waals surface area (Å²) < 4.78 is 22.9. The van der Waals surface area contributed by atoms with E-state index in [1.807, 2.05) is 13.0 Å². The highest BCUT2D eigenvalue weighted by Crippen LogP contribution is 2.21. The van der Waals surface area contributed by atoms with Crippen LogP contribution in [0.2, 0.25) is 0 Å². The van der Waals surface area contributed by atoms with E-state index in [1.165, 1.54) is 0 Å². The minimum absolute atomic E-state index is 0.225. The molecule has 7 heteroatoms. The predicted molar refractivity (Wildman–Crippen MR) is 75.2 cm³/mol. The Labute approximate surface area is 116 Å². The summed E-state index contributed by atoms with van der Waals surface area (Å²) in [5.41, 5.74) is 2.95. The van der Waals surface area contributed by atoms with E-state index < -0.39 is 10.0 Å². The molecule has 2 aromatic heterocycles. The lowest BCUT2D eigenvalue weighted by Crippen LogP contribution is -2.17. The lowest BCUT2D eigenvalue weighted by atomic mass is 10.1. The molecule has 102 valence electrons. The molecule has 0 amide bonds. The third kappa shape index (κ3) is 3.60. The lowest BCUT2D eigenvalue weighted by Gasteiger charge is -2.07. The van der Waals surface area contributed by atoms with E-state index in [2.05, 4.69) is 10.3 Å². The van der Waals surface area contributed by atoms with E-state index in [9.17, 15) is 8.42 Å². The number of rotatable bonds is 5. The molecule has 0 unspecified atom stereocenters. The van der Waals surface area contributed by atoms with Gasteiger partial charge in [-0.2, -0.15) is 0 Å². The molecule has 19 heavy (non-hydrogen) atoms. The molecule has 0 radical (unpaired) electrons.